The van der Waals surface area contributed by atoms with Crippen LogP contribution < -0.4 is 4.90 Å². The fourth-order valence-corrected chi connectivity index (χ4v) is 2.75. The lowest BCUT2D eigenvalue weighted by Crippen LogP contribution is -2.38. The Morgan fingerprint density at radius 2 is 2.14 bits per heavy atom. The molecule has 1 aromatic heterocycles. The van der Waals surface area contributed by atoms with E-state index in [2.05, 4.69) is 9.88 Å². The molecule has 0 aromatic carbocycles. The van der Waals surface area contributed by atoms with Gasteiger partial charge in [0.15, 0.2) is 0 Å². The number of aromatic nitrogens is 1. The molecule has 2 heterocycles. The van der Waals surface area contributed by atoms with Crippen molar-refractivity contribution in [3.63, 3.8) is 0 Å². The Morgan fingerprint density at radius 1 is 1.43 bits per heavy atom. The van der Waals surface area contributed by atoms with Gasteiger partial charge in [-0.1, -0.05) is 11.6 Å². The number of pyridine rings is 1. The first-order valence-electron chi connectivity index (χ1n) is 4.48. The molecule has 1 aromatic rings. The lowest BCUT2D eigenvalue weighted by Gasteiger charge is -2.27. The number of hydrogen-bond acceptors (Lipinski definition) is 3. The number of rotatable bonds is 1. The predicted octanol–water partition coefficient (Wildman–Crippen LogP) is 1.30. The third-order valence-electron chi connectivity index (χ3n) is 2.22. The summed E-state index contributed by atoms with van der Waals surface area (Å²) in [7, 11) is -0.654. The van der Waals surface area contributed by atoms with Crippen LogP contribution in [0.1, 0.15) is 0 Å². The molecule has 0 saturated carbocycles. The summed E-state index contributed by atoms with van der Waals surface area (Å²) < 4.78 is 11.2. The molecule has 0 spiro atoms. The van der Waals surface area contributed by atoms with E-state index < -0.39 is 10.8 Å². The van der Waals surface area contributed by atoms with Gasteiger partial charge in [-0.2, -0.15) is 0 Å². The van der Waals surface area contributed by atoms with Gasteiger partial charge in [-0.25, -0.2) is 4.98 Å². The minimum atomic E-state index is -0.654. The largest absolute Gasteiger partial charge is 0.354 e. The van der Waals surface area contributed by atoms with E-state index in [1.807, 2.05) is 12.1 Å². The Morgan fingerprint density at radius 3 is 2.79 bits per heavy atom. The summed E-state index contributed by atoms with van der Waals surface area (Å²) >= 11 is 6.01. The van der Waals surface area contributed by atoms with Gasteiger partial charge in [0.05, 0.1) is 5.02 Å². The van der Waals surface area contributed by atoms with Crippen LogP contribution in [0.2, 0.25) is 5.02 Å². The number of hydrogen-bond donors (Lipinski definition) is 0. The quantitative estimate of drug-likeness (QED) is 0.729. The highest BCUT2D eigenvalue weighted by atomic mass is 35.5. The van der Waals surface area contributed by atoms with Gasteiger partial charge in [-0.05, 0) is 12.1 Å². The van der Waals surface area contributed by atoms with E-state index in [0.29, 0.717) is 16.5 Å². The zero-order valence-electron chi connectivity index (χ0n) is 7.65. The molecule has 0 atom stereocenters. The van der Waals surface area contributed by atoms with Crippen molar-refractivity contribution >= 4 is 28.2 Å². The van der Waals surface area contributed by atoms with Crippen LogP contribution in [0, 0.1) is 0 Å². The van der Waals surface area contributed by atoms with E-state index in [1.54, 1.807) is 6.20 Å². The maximum atomic E-state index is 11.2. The maximum absolute atomic E-state index is 11.2. The van der Waals surface area contributed by atoms with Crippen LogP contribution in [0.5, 0.6) is 0 Å². The molecule has 0 N–H and O–H groups in total. The molecule has 2 rings (SSSR count). The van der Waals surface area contributed by atoms with Gasteiger partial charge < -0.3 is 4.90 Å². The van der Waals surface area contributed by atoms with Crippen molar-refractivity contribution in [2.75, 3.05) is 29.5 Å². The molecular weight excluding hydrogens is 220 g/mol. The molecular formula is C9H11ClN2OS. The smallest absolute Gasteiger partial charge is 0.147 e. The normalized spacial score (nSPS) is 18.5. The van der Waals surface area contributed by atoms with Crippen molar-refractivity contribution < 1.29 is 4.21 Å². The second-order valence-corrected chi connectivity index (χ2v) is 5.25. The van der Waals surface area contributed by atoms with Crippen molar-refractivity contribution in [3.05, 3.63) is 23.4 Å². The third-order valence-corrected chi connectivity index (χ3v) is 3.79. The van der Waals surface area contributed by atoms with Gasteiger partial charge >= 0.3 is 0 Å². The molecule has 76 valence electrons. The molecule has 5 heteroatoms. The monoisotopic (exact) mass is 230 g/mol. The molecule has 14 heavy (non-hydrogen) atoms. The molecule has 1 saturated heterocycles. The van der Waals surface area contributed by atoms with Crippen molar-refractivity contribution in [1.82, 2.24) is 4.98 Å². The minimum absolute atomic E-state index is 0.654. The maximum Gasteiger partial charge on any atom is 0.147 e. The van der Waals surface area contributed by atoms with Gasteiger partial charge in [0.1, 0.15) is 5.82 Å². The van der Waals surface area contributed by atoms with Crippen molar-refractivity contribution in [3.8, 4) is 0 Å². The molecule has 1 aliphatic rings. The summed E-state index contributed by atoms with van der Waals surface area (Å²) in [6.45, 7) is 1.56. The minimum Gasteiger partial charge on any atom is -0.354 e. The number of halogens is 1. The first-order chi connectivity index (χ1) is 6.77. The average Bonchev–Trinajstić information content (AvgIpc) is 2.20. The van der Waals surface area contributed by atoms with Crippen molar-refractivity contribution in [1.29, 1.82) is 0 Å². The lowest BCUT2D eigenvalue weighted by molar-refractivity contribution is 0.672. The zero-order valence-corrected chi connectivity index (χ0v) is 9.22. The van der Waals surface area contributed by atoms with Crippen LogP contribution in [-0.2, 0) is 10.8 Å². The van der Waals surface area contributed by atoms with Gasteiger partial charge in [0.2, 0.25) is 0 Å². The Bertz CT molecular complexity index is 348. The van der Waals surface area contributed by atoms with Crippen LogP contribution in [0.25, 0.3) is 0 Å². The van der Waals surface area contributed by atoms with E-state index in [1.165, 1.54) is 0 Å². The summed E-state index contributed by atoms with van der Waals surface area (Å²) in [6.07, 6.45) is 1.73. The molecule has 0 aliphatic carbocycles. The van der Waals surface area contributed by atoms with Crippen LogP contribution in [0.4, 0.5) is 5.82 Å². The molecule has 3 nitrogen and oxygen atoms in total. The van der Waals surface area contributed by atoms with E-state index in [0.717, 1.165) is 18.9 Å². The number of nitrogens with zero attached hydrogens (tertiary/aromatic N) is 2. The number of anilines is 1. The first kappa shape index (κ1) is 9.93. The fraction of sp³-hybridized carbons (Fsp3) is 0.444. The molecule has 1 aliphatic heterocycles. The SMILES string of the molecule is O=S1CCN(c2ncccc2Cl)CC1. The Hall–Kier alpha value is -0.610. The van der Waals surface area contributed by atoms with Crippen molar-refractivity contribution in [2.24, 2.45) is 0 Å². The van der Waals surface area contributed by atoms with E-state index in [4.69, 9.17) is 11.6 Å². The van der Waals surface area contributed by atoms with Crippen LogP contribution in [0.15, 0.2) is 18.3 Å². The van der Waals surface area contributed by atoms with Crippen LogP contribution in [0.3, 0.4) is 0 Å². The van der Waals surface area contributed by atoms with Crippen LogP contribution in [-0.4, -0.2) is 33.8 Å². The van der Waals surface area contributed by atoms with Crippen LogP contribution >= 0.6 is 11.6 Å². The summed E-state index contributed by atoms with van der Waals surface area (Å²) in [5.74, 6) is 2.24. The highest BCUT2D eigenvalue weighted by Gasteiger charge is 2.17. The molecule has 0 unspecified atom stereocenters. The van der Waals surface area contributed by atoms with Gasteiger partial charge in [-0.3, -0.25) is 4.21 Å². The van der Waals surface area contributed by atoms with Gasteiger partial charge in [0, 0.05) is 41.6 Å². The second-order valence-electron chi connectivity index (χ2n) is 3.14. The molecule has 1 fully saturated rings. The summed E-state index contributed by atoms with van der Waals surface area (Å²) in [6, 6.07) is 3.64. The Labute approximate surface area is 90.5 Å². The van der Waals surface area contributed by atoms with Gasteiger partial charge in [0.25, 0.3) is 0 Å². The highest BCUT2D eigenvalue weighted by Crippen LogP contribution is 2.22. The molecule has 0 radical (unpaired) electrons. The summed E-state index contributed by atoms with van der Waals surface area (Å²) in [5, 5.41) is 0.667. The van der Waals surface area contributed by atoms with Gasteiger partial charge in [-0.15, -0.1) is 0 Å². The van der Waals surface area contributed by atoms with E-state index in [-0.39, 0.29) is 0 Å². The topological polar surface area (TPSA) is 33.2 Å². The van der Waals surface area contributed by atoms with E-state index >= 15 is 0 Å². The predicted molar refractivity (Wildman–Crippen MR) is 59.3 cm³/mol. The Kier molecular flexibility index (Phi) is 3.03. The fourth-order valence-electron chi connectivity index (χ4n) is 1.46. The second kappa shape index (κ2) is 4.28. The van der Waals surface area contributed by atoms with E-state index in [9.17, 15) is 4.21 Å². The van der Waals surface area contributed by atoms with Crippen molar-refractivity contribution in [2.45, 2.75) is 0 Å². The average molecular weight is 231 g/mol. The summed E-state index contributed by atoms with van der Waals surface area (Å²) in [5.41, 5.74) is 0. The standard InChI is InChI=1S/C9H11ClN2OS/c10-8-2-1-3-11-9(8)12-4-6-14(13)7-5-12/h1-3H,4-7H2. The molecule has 0 amide bonds. The lowest BCUT2D eigenvalue weighted by atomic mass is 10.4. The third kappa shape index (κ3) is 2.07. The summed E-state index contributed by atoms with van der Waals surface area (Å²) in [4.78, 5) is 6.31. The zero-order chi connectivity index (χ0) is 9.97. The Balaban J connectivity index is 2.16. The molecule has 0 bridgehead atoms. The highest BCUT2D eigenvalue weighted by molar-refractivity contribution is 7.85. The first-order valence-corrected chi connectivity index (χ1v) is 6.34.